The molecule has 0 radical (unpaired) electrons. The van der Waals surface area contributed by atoms with Crippen LogP contribution in [0.2, 0.25) is 0 Å². The van der Waals surface area contributed by atoms with E-state index in [4.69, 9.17) is 44.9 Å². The number of rotatable bonds is 12. The number of hydrogen-bond acceptors (Lipinski definition) is 11. The van der Waals surface area contributed by atoms with Crippen LogP contribution in [-0.2, 0) is 0 Å². The van der Waals surface area contributed by atoms with Crippen LogP contribution in [0.4, 0.5) is 0 Å². The fourth-order valence-corrected chi connectivity index (χ4v) is 14.1. The maximum Gasteiger partial charge on any atom is 0.164 e. The first-order valence-electron chi connectivity index (χ1n) is 35.8. The Morgan fingerprint density at radius 1 is 0.148 bits per heavy atom. The van der Waals surface area contributed by atoms with Gasteiger partial charge < -0.3 is 0 Å². The van der Waals surface area contributed by atoms with Crippen LogP contribution in [0.1, 0.15) is 0 Å². The van der Waals surface area contributed by atoms with Crippen molar-refractivity contribution in [3.63, 3.8) is 0 Å². The molecule has 20 aromatic rings. The van der Waals surface area contributed by atoms with Crippen LogP contribution in [0, 0.1) is 0 Å². The highest BCUT2D eigenvalue weighted by atomic mass is 15.0. The Kier molecular flexibility index (Phi) is 16.7. The second-order valence-electron chi connectivity index (χ2n) is 26.6. The van der Waals surface area contributed by atoms with E-state index in [1.54, 1.807) is 0 Å². The average molecular weight is 1380 g/mol. The molecule has 0 saturated carbocycles. The fourth-order valence-electron chi connectivity index (χ4n) is 14.1. The molecule has 8 aromatic heterocycles. The second-order valence-corrected chi connectivity index (χ2v) is 26.6. The van der Waals surface area contributed by atoms with Gasteiger partial charge in [-0.15, -0.1) is 0 Å². The van der Waals surface area contributed by atoms with E-state index in [9.17, 15) is 0 Å². The molecule has 0 aliphatic heterocycles. The zero-order valence-corrected chi connectivity index (χ0v) is 58.1. The van der Waals surface area contributed by atoms with E-state index in [2.05, 4.69) is 259 Å². The van der Waals surface area contributed by atoms with Gasteiger partial charge in [0.05, 0.1) is 67.3 Å². The van der Waals surface area contributed by atoms with Crippen molar-refractivity contribution in [3.8, 4) is 135 Å². The molecule has 0 fully saturated rings. The number of para-hydroxylation sites is 2. The minimum atomic E-state index is 0.621. The number of benzene rings is 12. The van der Waals surface area contributed by atoms with Crippen LogP contribution in [0.3, 0.4) is 0 Å². The van der Waals surface area contributed by atoms with Crippen molar-refractivity contribution < 1.29 is 0 Å². The lowest BCUT2D eigenvalue weighted by atomic mass is 9.99. The largest absolute Gasteiger partial charge is 0.256 e. The molecular formula is C97H61N11. The van der Waals surface area contributed by atoms with E-state index < -0.39 is 0 Å². The third kappa shape index (κ3) is 13.0. The zero-order chi connectivity index (χ0) is 71.7. The first-order valence-corrected chi connectivity index (χ1v) is 35.8. The number of nitrogens with zero attached hydrogens (tertiary/aromatic N) is 11. The standard InChI is InChI=1S/C49H31N5.C48H30N6/c1-3-10-32(11-4-1)46-31-47(54-49(53-46)36-12-5-2-6-13-36)39-16-7-15-37(28-39)38-21-19-33-23-25-42(51-44(33)29-38)40-22-20-34-24-26-43(52-45(34)30-40)41-18-8-14-35-17-9-27-50-48(35)41;1-3-10-34(11-4-1)46-52-47(35-12-5-2-6-13-35)54-48(53-46)39-16-7-15-36(28-39)37-21-19-31-23-25-41(50-43(31)29-37)38-22-20-32-24-26-42(51-44(32)30-38)40-18-8-14-33-17-9-27-49-45(33)40/h1-31H;1-30H. The molecule has 0 saturated heterocycles. The Bertz CT molecular complexity index is 6280. The van der Waals surface area contributed by atoms with Crippen molar-refractivity contribution in [2.75, 3.05) is 0 Å². The molecule has 0 amide bonds. The van der Waals surface area contributed by atoms with Crippen molar-refractivity contribution in [1.29, 1.82) is 0 Å². The summed E-state index contributed by atoms with van der Waals surface area (Å²) in [6, 6.07) is 123. The summed E-state index contributed by atoms with van der Waals surface area (Å²) in [6.07, 6.45) is 3.66. The third-order valence-corrected chi connectivity index (χ3v) is 19.7. The fraction of sp³-hybridized carbons (Fsp3) is 0. The molecule has 11 nitrogen and oxygen atoms in total. The summed E-state index contributed by atoms with van der Waals surface area (Å²) in [4.78, 5) is 54.6. The predicted octanol–water partition coefficient (Wildman–Crippen LogP) is 23.6. The lowest BCUT2D eigenvalue weighted by Gasteiger charge is -2.11. The zero-order valence-electron chi connectivity index (χ0n) is 58.1. The van der Waals surface area contributed by atoms with Gasteiger partial charge in [0.25, 0.3) is 0 Å². The minimum absolute atomic E-state index is 0.621. The van der Waals surface area contributed by atoms with Crippen molar-refractivity contribution in [3.05, 3.63) is 370 Å². The van der Waals surface area contributed by atoms with Gasteiger partial charge in [0.15, 0.2) is 23.3 Å². The molecule has 0 bridgehead atoms. The van der Waals surface area contributed by atoms with E-state index >= 15 is 0 Å². The molecule has 12 aromatic carbocycles. The smallest absolute Gasteiger partial charge is 0.164 e. The van der Waals surface area contributed by atoms with E-state index in [1.807, 2.05) is 122 Å². The Labute approximate surface area is 622 Å². The Balaban J connectivity index is 0.000000147. The monoisotopic (exact) mass is 1380 g/mol. The van der Waals surface area contributed by atoms with Crippen molar-refractivity contribution in [1.82, 2.24) is 54.8 Å². The molecule has 0 atom stereocenters. The second kappa shape index (κ2) is 28.1. The van der Waals surface area contributed by atoms with Gasteiger partial charge in [-0.2, -0.15) is 0 Å². The minimum Gasteiger partial charge on any atom is -0.256 e. The average Bonchev–Trinajstić information content (AvgIpc) is 0.793. The molecule has 108 heavy (non-hydrogen) atoms. The van der Waals surface area contributed by atoms with Gasteiger partial charge >= 0.3 is 0 Å². The molecule has 8 heterocycles. The van der Waals surface area contributed by atoms with Crippen LogP contribution in [0.15, 0.2) is 370 Å². The number of fused-ring (bicyclic) bond motifs is 6. The summed E-state index contributed by atoms with van der Waals surface area (Å²) in [7, 11) is 0. The van der Waals surface area contributed by atoms with Crippen LogP contribution < -0.4 is 0 Å². The van der Waals surface area contributed by atoms with Gasteiger partial charge in [-0.3, -0.25) is 9.97 Å². The van der Waals surface area contributed by atoms with Gasteiger partial charge in [0.2, 0.25) is 0 Å². The molecule has 0 N–H and O–H groups in total. The van der Waals surface area contributed by atoms with E-state index in [1.165, 1.54) is 0 Å². The number of aromatic nitrogens is 11. The quantitative estimate of drug-likeness (QED) is 0.115. The highest BCUT2D eigenvalue weighted by molar-refractivity contribution is 5.98. The van der Waals surface area contributed by atoms with E-state index in [0.717, 1.165) is 177 Å². The summed E-state index contributed by atoms with van der Waals surface area (Å²) < 4.78 is 0. The summed E-state index contributed by atoms with van der Waals surface area (Å²) in [5.41, 5.74) is 25.1. The molecule has 0 unspecified atom stereocenters. The summed E-state index contributed by atoms with van der Waals surface area (Å²) in [5, 5.41) is 6.50. The van der Waals surface area contributed by atoms with Gasteiger partial charge in [-0.05, 0) is 101 Å². The Morgan fingerprint density at radius 2 is 0.444 bits per heavy atom. The number of pyridine rings is 6. The topological polar surface area (TPSA) is 142 Å². The Morgan fingerprint density at radius 3 is 0.898 bits per heavy atom. The normalized spacial score (nSPS) is 11.3. The molecular weight excluding hydrogens is 1320 g/mol. The summed E-state index contributed by atoms with van der Waals surface area (Å²) in [6.45, 7) is 0. The molecule has 0 aliphatic carbocycles. The first-order chi connectivity index (χ1) is 53.4. The summed E-state index contributed by atoms with van der Waals surface area (Å²) in [5.74, 6) is 2.59. The highest BCUT2D eigenvalue weighted by Gasteiger charge is 2.18. The predicted molar refractivity (Wildman–Crippen MR) is 439 cm³/mol. The van der Waals surface area contributed by atoms with E-state index in [0.29, 0.717) is 23.3 Å². The molecule has 20 rings (SSSR count). The van der Waals surface area contributed by atoms with Gasteiger partial charge in [0.1, 0.15) is 0 Å². The van der Waals surface area contributed by atoms with E-state index in [-0.39, 0.29) is 0 Å². The SMILES string of the molecule is c1ccc(-c2cc(-c3cccc(-c4ccc5ccc(-c6ccc7ccc(-c8cccc9cccnc89)nc7c6)nc5c4)c3)nc(-c3ccccc3)n2)cc1.c1ccc(-c2nc(-c3ccccc3)nc(-c3cccc(-c4ccc5ccc(-c6ccc7ccc(-c8cccc9cccnc89)nc7c6)nc5c4)c3)n2)cc1. The van der Waals surface area contributed by atoms with Crippen LogP contribution >= 0.6 is 0 Å². The lowest BCUT2D eigenvalue weighted by molar-refractivity contribution is 1.07. The molecule has 0 spiro atoms. The number of hydrogen-bond donors (Lipinski definition) is 0. The maximum atomic E-state index is 5.17. The highest BCUT2D eigenvalue weighted by Crippen LogP contribution is 2.37. The summed E-state index contributed by atoms with van der Waals surface area (Å²) >= 11 is 0. The van der Waals surface area contributed by atoms with Gasteiger partial charge in [0, 0.05) is 100 Å². The van der Waals surface area contributed by atoms with Gasteiger partial charge in [-0.1, -0.05) is 279 Å². The van der Waals surface area contributed by atoms with Crippen molar-refractivity contribution in [2.45, 2.75) is 0 Å². The van der Waals surface area contributed by atoms with Crippen LogP contribution in [0.5, 0.6) is 0 Å². The maximum absolute atomic E-state index is 5.17. The molecule has 11 heteroatoms. The third-order valence-electron chi connectivity index (χ3n) is 19.7. The Hall–Kier alpha value is -14.8. The molecule has 504 valence electrons. The van der Waals surface area contributed by atoms with Crippen LogP contribution in [0.25, 0.3) is 201 Å². The van der Waals surface area contributed by atoms with Crippen molar-refractivity contribution >= 4 is 65.4 Å². The lowest BCUT2D eigenvalue weighted by Crippen LogP contribution is -2.00. The van der Waals surface area contributed by atoms with Gasteiger partial charge in [-0.25, -0.2) is 44.9 Å². The van der Waals surface area contributed by atoms with Crippen LogP contribution in [-0.4, -0.2) is 54.8 Å². The van der Waals surface area contributed by atoms with Crippen molar-refractivity contribution in [2.24, 2.45) is 0 Å². The first kappa shape index (κ1) is 64.1. The molecule has 0 aliphatic rings.